The Kier molecular flexibility index (Phi) is 8.63. The summed E-state index contributed by atoms with van der Waals surface area (Å²) in [6.07, 6.45) is 12.5. The van der Waals surface area contributed by atoms with Crippen LogP contribution < -0.4 is 0 Å². The summed E-state index contributed by atoms with van der Waals surface area (Å²) in [7, 11) is -3.75. The molecule has 1 aliphatic rings. The van der Waals surface area contributed by atoms with Crippen LogP contribution in [0.4, 0.5) is 0 Å². The molecule has 0 atom stereocenters. The first-order valence-corrected chi connectivity index (χ1v) is 8.58. The zero-order valence-electron chi connectivity index (χ0n) is 11.2. The number of hydrogen-bond acceptors (Lipinski definition) is 4. The Morgan fingerprint density at radius 2 is 0.778 bits per heavy atom. The topological polar surface area (TPSA) is 52.6 Å². The normalized spacial score (nSPS) is 25.6. The fourth-order valence-electron chi connectivity index (χ4n) is 2.15. The summed E-state index contributed by atoms with van der Waals surface area (Å²) in [4.78, 5) is 0. The van der Waals surface area contributed by atoms with E-state index >= 15 is 0 Å². The second-order valence-electron chi connectivity index (χ2n) is 4.94. The summed E-state index contributed by atoms with van der Waals surface area (Å²) in [5, 5.41) is 0. The molecule has 0 aliphatic carbocycles. The van der Waals surface area contributed by atoms with Crippen molar-refractivity contribution in [2.24, 2.45) is 0 Å². The van der Waals surface area contributed by atoms with Gasteiger partial charge in [0.05, 0.1) is 13.2 Å². The van der Waals surface area contributed by atoms with Gasteiger partial charge in [0.15, 0.2) is 0 Å². The summed E-state index contributed by atoms with van der Waals surface area (Å²) in [5.74, 6) is 0. The van der Waals surface area contributed by atoms with Crippen molar-refractivity contribution in [1.82, 2.24) is 0 Å². The maximum Gasteiger partial charge on any atom is 0.399 e. The van der Waals surface area contributed by atoms with Gasteiger partial charge in [-0.2, -0.15) is 8.42 Å². The molecule has 0 saturated carbocycles. The van der Waals surface area contributed by atoms with E-state index < -0.39 is 10.4 Å². The average molecular weight is 278 g/mol. The minimum atomic E-state index is -3.75. The molecule has 5 heteroatoms. The smallest absolute Gasteiger partial charge is 0.248 e. The van der Waals surface area contributed by atoms with E-state index in [4.69, 9.17) is 8.37 Å². The Morgan fingerprint density at radius 3 is 1.11 bits per heavy atom. The van der Waals surface area contributed by atoms with E-state index in [1.807, 2.05) is 0 Å². The van der Waals surface area contributed by atoms with Gasteiger partial charge in [0.1, 0.15) is 0 Å². The van der Waals surface area contributed by atoms with Crippen LogP contribution >= 0.6 is 0 Å². The van der Waals surface area contributed by atoms with Gasteiger partial charge in [-0.1, -0.05) is 57.8 Å². The van der Waals surface area contributed by atoms with Gasteiger partial charge in [-0.3, -0.25) is 0 Å². The third kappa shape index (κ3) is 8.89. The monoisotopic (exact) mass is 278 g/mol. The van der Waals surface area contributed by atoms with Crippen LogP contribution in [0.2, 0.25) is 0 Å². The first-order chi connectivity index (χ1) is 8.71. The summed E-state index contributed by atoms with van der Waals surface area (Å²) in [6.45, 7) is 0.505. The highest BCUT2D eigenvalue weighted by Crippen LogP contribution is 2.12. The highest BCUT2D eigenvalue weighted by atomic mass is 32.3. The minimum Gasteiger partial charge on any atom is -0.248 e. The zero-order valence-corrected chi connectivity index (χ0v) is 12.1. The molecule has 1 fully saturated rings. The third-order valence-electron chi connectivity index (χ3n) is 3.24. The lowest BCUT2D eigenvalue weighted by molar-refractivity contribution is 0.207. The Morgan fingerprint density at radius 1 is 0.500 bits per heavy atom. The van der Waals surface area contributed by atoms with Crippen LogP contribution in [0.1, 0.15) is 70.6 Å². The molecule has 0 N–H and O–H groups in total. The molecule has 1 heterocycles. The van der Waals surface area contributed by atoms with Crippen molar-refractivity contribution in [1.29, 1.82) is 0 Å². The molecule has 0 bridgehead atoms. The molecule has 0 radical (unpaired) electrons. The molecule has 0 amide bonds. The van der Waals surface area contributed by atoms with Gasteiger partial charge in [-0.05, 0) is 12.8 Å². The fraction of sp³-hybridized carbons (Fsp3) is 1.00. The van der Waals surface area contributed by atoms with Crippen LogP contribution in [0.25, 0.3) is 0 Å². The van der Waals surface area contributed by atoms with Gasteiger partial charge >= 0.3 is 10.4 Å². The summed E-state index contributed by atoms with van der Waals surface area (Å²) in [5.41, 5.74) is 0. The first kappa shape index (κ1) is 15.9. The molecule has 0 unspecified atom stereocenters. The van der Waals surface area contributed by atoms with Gasteiger partial charge in [-0.15, -0.1) is 0 Å². The van der Waals surface area contributed by atoms with Crippen molar-refractivity contribution >= 4 is 10.4 Å². The molecule has 108 valence electrons. The second kappa shape index (κ2) is 9.75. The molecule has 1 saturated heterocycles. The van der Waals surface area contributed by atoms with Crippen molar-refractivity contribution in [3.05, 3.63) is 0 Å². The van der Waals surface area contributed by atoms with Crippen LogP contribution in [-0.2, 0) is 18.8 Å². The van der Waals surface area contributed by atoms with E-state index in [2.05, 4.69) is 0 Å². The molecule has 1 rings (SSSR count). The van der Waals surface area contributed by atoms with Gasteiger partial charge < -0.3 is 0 Å². The van der Waals surface area contributed by atoms with Crippen LogP contribution in [0.15, 0.2) is 0 Å². The van der Waals surface area contributed by atoms with Crippen molar-refractivity contribution in [3.8, 4) is 0 Å². The summed E-state index contributed by atoms with van der Waals surface area (Å²) >= 11 is 0. The molecule has 0 aromatic carbocycles. The maximum absolute atomic E-state index is 11.3. The molecule has 0 aromatic heterocycles. The van der Waals surface area contributed by atoms with Crippen molar-refractivity contribution < 1.29 is 16.8 Å². The molecular weight excluding hydrogens is 252 g/mol. The van der Waals surface area contributed by atoms with E-state index in [-0.39, 0.29) is 13.2 Å². The minimum absolute atomic E-state index is 0.252. The Labute approximate surface area is 111 Å². The number of rotatable bonds is 0. The quantitative estimate of drug-likeness (QED) is 0.679. The Balaban J connectivity index is 2.24. The Bertz CT molecular complexity index is 265. The van der Waals surface area contributed by atoms with Gasteiger partial charge in [-0.25, -0.2) is 8.37 Å². The largest absolute Gasteiger partial charge is 0.399 e. The molecule has 0 spiro atoms. The second-order valence-corrected chi connectivity index (χ2v) is 6.23. The highest BCUT2D eigenvalue weighted by Gasteiger charge is 2.11. The molecule has 4 nitrogen and oxygen atoms in total. The van der Waals surface area contributed by atoms with E-state index in [0.29, 0.717) is 0 Å². The van der Waals surface area contributed by atoms with Crippen LogP contribution in [-0.4, -0.2) is 21.6 Å². The Hall–Kier alpha value is -0.130. The molecule has 0 aromatic rings. The van der Waals surface area contributed by atoms with Gasteiger partial charge in [0.2, 0.25) is 0 Å². The first-order valence-electron chi connectivity index (χ1n) is 7.24. The lowest BCUT2D eigenvalue weighted by Crippen LogP contribution is -2.12. The van der Waals surface area contributed by atoms with Crippen LogP contribution in [0.5, 0.6) is 0 Å². The van der Waals surface area contributed by atoms with Crippen molar-refractivity contribution in [2.75, 3.05) is 13.2 Å². The lowest BCUT2D eigenvalue weighted by Gasteiger charge is -2.07. The summed E-state index contributed by atoms with van der Waals surface area (Å²) < 4.78 is 32.2. The fourth-order valence-corrected chi connectivity index (χ4v) is 2.86. The predicted octanol–water partition coefficient (Wildman–Crippen LogP) is 3.57. The summed E-state index contributed by atoms with van der Waals surface area (Å²) in [6, 6.07) is 0. The lowest BCUT2D eigenvalue weighted by atomic mass is 10.1. The highest BCUT2D eigenvalue weighted by molar-refractivity contribution is 7.81. The van der Waals surface area contributed by atoms with Crippen LogP contribution in [0, 0.1) is 0 Å². The maximum atomic E-state index is 11.3. The number of hydrogen-bond donors (Lipinski definition) is 0. The van der Waals surface area contributed by atoms with Gasteiger partial charge in [0, 0.05) is 0 Å². The van der Waals surface area contributed by atoms with Crippen molar-refractivity contribution in [2.45, 2.75) is 70.6 Å². The third-order valence-corrected chi connectivity index (χ3v) is 4.15. The van der Waals surface area contributed by atoms with Crippen LogP contribution in [0.3, 0.4) is 0 Å². The van der Waals surface area contributed by atoms with E-state index in [1.165, 1.54) is 44.9 Å². The molecule has 1 aliphatic heterocycles. The SMILES string of the molecule is O=S1(=O)OCCCCCCCCCCCCCO1. The van der Waals surface area contributed by atoms with Gasteiger partial charge in [0.25, 0.3) is 0 Å². The standard InChI is InChI=1S/C13H26O4S/c14-18(15)16-12-10-8-6-4-2-1-3-5-7-9-11-13-17-18/h1-13H2. The predicted molar refractivity (Wildman–Crippen MR) is 71.6 cm³/mol. The zero-order chi connectivity index (χ0) is 13.1. The average Bonchev–Trinajstić information content (AvgIpc) is 2.32. The van der Waals surface area contributed by atoms with E-state index in [9.17, 15) is 8.42 Å². The van der Waals surface area contributed by atoms with E-state index in [0.717, 1.165) is 25.7 Å². The van der Waals surface area contributed by atoms with E-state index in [1.54, 1.807) is 0 Å². The van der Waals surface area contributed by atoms with Crippen molar-refractivity contribution in [3.63, 3.8) is 0 Å². The molecular formula is C13H26O4S. The molecule has 18 heavy (non-hydrogen) atoms.